The first-order valence-corrected chi connectivity index (χ1v) is 6.79. The summed E-state index contributed by atoms with van der Waals surface area (Å²) in [6, 6.07) is 14.3. The molecule has 0 spiro atoms. The minimum Gasteiger partial charge on any atom is -0.493 e. The van der Waals surface area contributed by atoms with Crippen LogP contribution >= 0.6 is 0 Å². The first-order chi connectivity index (χ1) is 10.7. The number of aromatic amines is 1. The van der Waals surface area contributed by atoms with Gasteiger partial charge in [-0.05, 0) is 30.3 Å². The van der Waals surface area contributed by atoms with Crippen molar-refractivity contribution in [3.63, 3.8) is 0 Å². The summed E-state index contributed by atoms with van der Waals surface area (Å²) < 4.78 is 11.0. The first-order valence-electron chi connectivity index (χ1n) is 6.79. The van der Waals surface area contributed by atoms with E-state index in [1.54, 1.807) is 25.3 Å². The monoisotopic (exact) mass is 297 g/mol. The fraction of sp³-hybridized carbons (Fsp3) is 0.118. The SMILES string of the molecule is COc1ccccc1OCc1cc2c(C(=O)O)cccc2[nH]1. The molecule has 0 aliphatic rings. The van der Waals surface area contributed by atoms with Gasteiger partial charge in [0.05, 0.1) is 18.4 Å². The van der Waals surface area contributed by atoms with Gasteiger partial charge in [0.25, 0.3) is 0 Å². The van der Waals surface area contributed by atoms with E-state index in [0.717, 1.165) is 11.2 Å². The molecule has 3 aromatic rings. The van der Waals surface area contributed by atoms with Crippen molar-refractivity contribution in [3.8, 4) is 11.5 Å². The lowest BCUT2D eigenvalue weighted by molar-refractivity contribution is 0.0699. The number of fused-ring (bicyclic) bond motifs is 1. The van der Waals surface area contributed by atoms with E-state index in [9.17, 15) is 9.90 Å². The van der Waals surface area contributed by atoms with Crippen LogP contribution in [-0.2, 0) is 6.61 Å². The average Bonchev–Trinajstić information content (AvgIpc) is 2.95. The van der Waals surface area contributed by atoms with Crippen molar-refractivity contribution >= 4 is 16.9 Å². The first kappa shape index (κ1) is 14.0. The lowest BCUT2D eigenvalue weighted by Gasteiger charge is -2.09. The van der Waals surface area contributed by atoms with Gasteiger partial charge in [0.1, 0.15) is 6.61 Å². The van der Waals surface area contributed by atoms with Gasteiger partial charge in [-0.25, -0.2) is 4.79 Å². The molecule has 0 unspecified atom stereocenters. The minimum atomic E-state index is -0.943. The summed E-state index contributed by atoms with van der Waals surface area (Å²) in [5.41, 5.74) is 1.85. The lowest BCUT2D eigenvalue weighted by Crippen LogP contribution is -1.97. The predicted octanol–water partition coefficient (Wildman–Crippen LogP) is 3.45. The quantitative estimate of drug-likeness (QED) is 0.756. The number of carbonyl (C=O) groups is 1. The maximum absolute atomic E-state index is 11.2. The fourth-order valence-corrected chi connectivity index (χ4v) is 2.37. The Hall–Kier alpha value is -2.95. The van der Waals surface area contributed by atoms with Gasteiger partial charge in [-0.15, -0.1) is 0 Å². The standard InChI is InChI=1S/C17H15NO4/c1-21-15-7-2-3-8-16(15)22-10-11-9-13-12(17(19)20)5-4-6-14(13)18-11/h2-9,18H,10H2,1H3,(H,19,20). The Balaban J connectivity index is 1.86. The zero-order valence-electron chi connectivity index (χ0n) is 12.0. The van der Waals surface area contributed by atoms with Gasteiger partial charge < -0.3 is 19.6 Å². The van der Waals surface area contributed by atoms with Crippen molar-refractivity contribution in [1.29, 1.82) is 0 Å². The van der Waals surface area contributed by atoms with E-state index in [0.29, 0.717) is 23.5 Å². The number of hydrogen-bond acceptors (Lipinski definition) is 3. The highest BCUT2D eigenvalue weighted by molar-refractivity contribution is 6.03. The van der Waals surface area contributed by atoms with Gasteiger partial charge in [-0.2, -0.15) is 0 Å². The second-order valence-corrected chi connectivity index (χ2v) is 4.81. The number of benzene rings is 2. The molecule has 22 heavy (non-hydrogen) atoms. The van der Waals surface area contributed by atoms with Gasteiger partial charge in [0.15, 0.2) is 11.5 Å². The zero-order chi connectivity index (χ0) is 15.5. The highest BCUT2D eigenvalue weighted by Gasteiger charge is 2.11. The largest absolute Gasteiger partial charge is 0.493 e. The summed E-state index contributed by atoms with van der Waals surface area (Å²) >= 11 is 0. The van der Waals surface area contributed by atoms with Crippen LogP contribution in [-0.4, -0.2) is 23.2 Å². The van der Waals surface area contributed by atoms with Crippen LogP contribution in [0, 0.1) is 0 Å². The highest BCUT2D eigenvalue weighted by atomic mass is 16.5. The number of para-hydroxylation sites is 2. The number of carboxylic acid groups (broad SMARTS) is 1. The molecule has 0 atom stereocenters. The topological polar surface area (TPSA) is 71.6 Å². The summed E-state index contributed by atoms with van der Waals surface area (Å²) in [7, 11) is 1.59. The number of rotatable bonds is 5. The molecule has 5 heteroatoms. The molecule has 0 amide bonds. The number of nitrogens with one attached hydrogen (secondary N) is 1. The summed E-state index contributed by atoms with van der Waals surface area (Å²) in [6.45, 7) is 0.300. The van der Waals surface area contributed by atoms with E-state index in [1.807, 2.05) is 30.3 Å². The van der Waals surface area contributed by atoms with Crippen molar-refractivity contribution in [2.75, 3.05) is 7.11 Å². The van der Waals surface area contributed by atoms with Gasteiger partial charge in [-0.1, -0.05) is 18.2 Å². The van der Waals surface area contributed by atoms with Crippen LogP contribution in [0.2, 0.25) is 0 Å². The second kappa shape index (κ2) is 5.81. The molecule has 0 aliphatic heterocycles. The molecule has 0 saturated carbocycles. The maximum atomic E-state index is 11.2. The molecular formula is C17H15NO4. The molecule has 2 aromatic carbocycles. The third kappa shape index (κ3) is 2.61. The van der Waals surface area contributed by atoms with Crippen molar-refractivity contribution in [3.05, 3.63) is 59.8 Å². The number of methoxy groups -OCH3 is 1. The van der Waals surface area contributed by atoms with Crippen molar-refractivity contribution in [1.82, 2.24) is 4.98 Å². The summed E-state index contributed by atoms with van der Waals surface area (Å²) in [6.07, 6.45) is 0. The van der Waals surface area contributed by atoms with E-state index in [2.05, 4.69) is 4.98 Å². The number of aromatic nitrogens is 1. The number of aromatic carboxylic acids is 1. The summed E-state index contributed by atoms with van der Waals surface area (Å²) in [4.78, 5) is 14.4. The molecule has 1 aromatic heterocycles. The van der Waals surface area contributed by atoms with Crippen LogP contribution in [0.4, 0.5) is 0 Å². The molecule has 0 fully saturated rings. The minimum absolute atomic E-state index is 0.275. The van der Waals surface area contributed by atoms with Crippen LogP contribution in [0.5, 0.6) is 11.5 Å². The Morgan fingerprint density at radius 1 is 1.14 bits per heavy atom. The van der Waals surface area contributed by atoms with Gasteiger partial charge >= 0.3 is 5.97 Å². The Morgan fingerprint density at radius 2 is 1.91 bits per heavy atom. The Kier molecular flexibility index (Phi) is 3.70. The Labute approximate surface area is 127 Å². The number of carboxylic acids is 1. The number of hydrogen-bond donors (Lipinski definition) is 2. The summed E-state index contributed by atoms with van der Waals surface area (Å²) in [5, 5.41) is 9.88. The third-order valence-electron chi connectivity index (χ3n) is 3.40. The molecule has 112 valence electrons. The Bertz CT molecular complexity index is 822. The van der Waals surface area contributed by atoms with E-state index in [1.165, 1.54) is 0 Å². The van der Waals surface area contributed by atoms with E-state index in [-0.39, 0.29) is 5.56 Å². The number of H-pyrrole nitrogens is 1. The summed E-state index contributed by atoms with van der Waals surface area (Å²) in [5.74, 6) is 0.355. The second-order valence-electron chi connectivity index (χ2n) is 4.81. The molecule has 0 bridgehead atoms. The van der Waals surface area contributed by atoms with E-state index < -0.39 is 5.97 Å². The smallest absolute Gasteiger partial charge is 0.336 e. The molecule has 2 N–H and O–H groups in total. The molecule has 0 aliphatic carbocycles. The fourth-order valence-electron chi connectivity index (χ4n) is 2.37. The molecule has 5 nitrogen and oxygen atoms in total. The van der Waals surface area contributed by atoms with Gasteiger partial charge in [0, 0.05) is 10.9 Å². The van der Waals surface area contributed by atoms with Gasteiger partial charge in [0.2, 0.25) is 0 Å². The molecule has 3 rings (SSSR count). The van der Waals surface area contributed by atoms with Gasteiger partial charge in [-0.3, -0.25) is 0 Å². The maximum Gasteiger partial charge on any atom is 0.336 e. The average molecular weight is 297 g/mol. The third-order valence-corrected chi connectivity index (χ3v) is 3.40. The molecule has 0 saturated heterocycles. The number of ether oxygens (including phenoxy) is 2. The van der Waals surface area contributed by atoms with Crippen LogP contribution in [0.3, 0.4) is 0 Å². The molecule has 0 radical (unpaired) electrons. The lowest BCUT2D eigenvalue weighted by atomic mass is 10.1. The highest BCUT2D eigenvalue weighted by Crippen LogP contribution is 2.27. The van der Waals surface area contributed by atoms with Crippen molar-refractivity contribution in [2.24, 2.45) is 0 Å². The normalized spacial score (nSPS) is 10.6. The zero-order valence-corrected chi connectivity index (χ0v) is 12.0. The van der Waals surface area contributed by atoms with Crippen LogP contribution in [0.1, 0.15) is 16.1 Å². The van der Waals surface area contributed by atoms with Crippen LogP contribution < -0.4 is 9.47 Å². The van der Waals surface area contributed by atoms with Crippen LogP contribution in [0.15, 0.2) is 48.5 Å². The van der Waals surface area contributed by atoms with Crippen molar-refractivity contribution < 1.29 is 19.4 Å². The van der Waals surface area contributed by atoms with E-state index in [4.69, 9.17) is 9.47 Å². The molecule has 1 heterocycles. The van der Waals surface area contributed by atoms with Crippen molar-refractivity contribution in [2.45, 2.75) is 6.61 Å². The Morgan fingerprint density at radius 3 is 2.64 bits per heavy atom. The van der Waals surface area contributed by atoms with Crippen LogP contribution in [0.25, 0.3) is 10.9 Å². The predicted molar refractivity (Wildman–Crippen MR) is 82.6 cm³/mol. The molecular weight excluding hydrogens is 282 g/mol. The van der Waals surface area contributed by atoms with E-state index >= 15 is 0 Å².